The number of nitrogens with zero attached hydrogens (tertiary/aromatic N) is 3. The number of halogens is 3. The maximum absolute atomic E-state index is 12.3. The number of hydrogen-bond donors (Lipinski definition) is 1. The molecule has 0 unspecified atom stereocenters. The van der Waals surface area contributed by atoms with Crippen LogP contribution in [0.15, 0.2) is 5.16 Å². The second-order valence-electron chi connectivity index (χ2n) is 3.15. The van der Waals surface area contributed by atoms with Crippen LogP contribution in [0.1, 0.15) is 5.82 Å². The fraction of sp³-hybridized carbons (Fsp3) is 0.667. The average Bonchev–Trinajstić information content (AvgIpc) is 2.44. The maximum atomic E-state index is 12.3. The quantitative estimate of drug-likeness (QED) is 0.627. The van der Waals surface area contributed by atoms with E-state index in [4.69, 9.17) is 5.84 Å². The molecule has 2 N–H and O–H groups in total. The predicted octanol–water partition coefficient (Wildman–Crippen LogP) is 0.147. The van der Waals surface area contributed by atoms with Crippen LogP contribution in [0, 0.1) is 0 Å². The van der Waals surface area contributed by atoms with E-state index in [0.717, 1.165) is 18.0 Å². The predicted molar refractivity (Wildman–Crippen MR) is 55.6 cm³/mol. The summed E-state index contributed by atoms with van der Waals surface area (Å²) in [4.78, 5) is 0. The van der Waals surface area contributed by atoms with Crippen LogP contribution in [0.25, 0.3) is 0 Å². The van der Waals surface area contributed by atoms with Gasteiger partial charge in [0.2, 0.25) is 5.16 Å². The monoisotopic (exact) mass is 290 g/mol. The molecule has 1 heterocycles. The molecule has 0 saturated heterocycles. The van der Waals surface area contributed by atoms with Crippen LogP contribution in [0.2, 0.25) is 0 Å². The van der Waals surface area contributed by atoms with Gasteiger partial charge >= 0.3 is 6.18 Å². The number of alkyl halides is 3. The standard InChI is InChI=1S/C6H9F3N4O2S2/c1-17(14,15)3-2-16-5-12-11-4(13(5)10)6(7,8)9/h2-3,10H2,1H3. The van der Waals surface area contributed by atoms with E-state index in [1.165, 1.54) is 0 Å². The molecule has 0 aliphatic rings. The van der Waals surface area contributed by atoms with Crippen molar-refractivity contribution in [3.05, 3.63) is 5.82 Å². The van der Waals surface area contributed by atoms with Gasteiger partial charge in [-0.3, -0.25) is 0 Å². The molecule has 1 aromatic rings. The molecule has 1 rings (SSSR count). The summed E-state index contributed by atoms with van der Waals surface area (Å²) in [6.45, 7) is 0. The van der Waals surface area contributed by atoms with Crippen molar-refractivity contribution < 1.29 is 21.6 Å². The summed E-state index contributed by atoms with van der Waals surface area (Å²) in [5.74, 6) is 3.71. The Morgan fingerprint density at radius 1 is 1.41 bits per heavy atom. The number of aromatic nitrogens is 3. The van der Waals surface area contributed by atoms with Gasteiger partial charge in [-0.25, -0.2) is 13.1 Å². The van der Waals surface area contributed by atoms with E-state index in [1.54, 1.807) is 0 Å². The highest BCUT2D eigenvalue weighted by atomic mass is 32.2. The first kappa shape index (κ1) is 14.1. The van der Waals surface area contributed by atoms with E-state index < -0.39 is 21.8 Å². The Morgan fingerprint density at radius 3 is 2.41 bits per heavy atom. The molecule has 0 fully saturated rings. The molecule has 98 valence electrons. The van der Waals surface area contributed by atoms with Crippen LogP contribution < -0.4 is 5.84 Å². The highest BCUT2D eigenvalue weighted by Crippen LogP contribution is 2.28. The normalized spacial score (nSPS) is 12.9. The molecule has 6 nitrogen and oxygen atoms in total. The van der Waals surface area contributed by atoms with Gasteiger partial charge in [0.1, 0.15) is 9.84 Å². The minimum atomic E-state index is -4.68. The molecule has 1 aromatic heterocycles. The SMILES string of the molecule is CS(=O)(=O)CCSc1nnc(C(F)(F)F)n1N. The first-order chi connectivity index (χ1) is 7.61. The van der Waals surface area contributed by atoms with E-state index in [0.29, 0.717) is 4.68 Å². The molecule has 0 spiro atoms. The van der Waals surface area contributed by atoms with Crippen molar-refractivity contribution in [2.75, 3.05) is 23.6 Å². The lowest BCUT2D eigenvalue weighted by atomic mass is 10.6. The van der Waals surface area contributed by atoms with Crippen molar-refractivity contribution in [3.63, 3.8) is 0 Å². The van der Waals surface area contributed by atoms with Gasteiger partial charge in [-0.2, -0.15) is 13.2 Å². The molecule has 11 heteroatoms. The molecule has 0 radical (unpaired) electrons. The molecule has 0 aromatic carbocycles. The molecular weight excluding hydrogens is 281 g/mol. The largest absolute Gasteiger partial charge is 0.453 e. The molecule has 0 saturated carbocycles. The summed E-state index contributed by atoms with van der Waals surface area (Å²) in [6, 6.07) is 0. The Morgan fingerprint density at radius 2 is 2.00 bits per heavy atom. The van der Waals surface area contributed by atoms with Crippen molar-refractivity contribution >= 4 is 21.6 Å². The van der Waals surface area contributed by atoms with Crippen molar-refractivity contribution in [1.29, 1.82) is 0 Å². The third-order valence-electron chi connectivity index (χ3n) is 1.60. The number of hydrogen-bond acceptors (Lipinski definition) is 6. The van der Waals surface area contributed by atoms with Crippen LogP contribution in [-0.2, 0) is 16.0 Å². The highest BCUT2D eigenvalue weighted by molar-refractivity contribution is 8.00. The lowest BCUT2D eigenvalue weighted by Crippen LogP contribution is -2.21. The maximum Gasteiger partial charge on any atom is 0.453 e. The van der Waals surface area contributed by atoms with Gasteiger partial charge in [0.05, 0.1) is 5.75 Å². The third kappa shape index (κ3) is 4.07. The minimum Gasteiger partial charge on any atom is -0.335 e. The summed E-state index contributed by atoms with van der Waals surface area (Å²) in [6.07, 6.45) is -3.65. The van der Waals surface area contributed by atoms with E-state index in [2.05, 4.69) is 10.2 Å². The Bertz CT molecular complexity index is 496. The lowest BCUT2D eigenvalue weighted by Gasteiger charge is -2.05. The number of sulfone groups is 1. The van der Waals surface area contributed by atoms with Crippen LogP contribution in [-0.4, -0.2) is 41.1 Å². The van der Waals surface area contributed by atoms with Gasteiger partial charge in [-0.15, -0.1) is 10.2 Å². The highest BCUT2D eigenvalue weighted by Gasteiger charge is 2.38. The third-order valence-corrected chi connectivity index (χ3v) is 3.75. The van der Waals surface area contributed by atoms with Crippen LogP contribution in [0.5, 0.6) is 0 Å². The van der Waals surface area contributed by atoms with Gasteiger partial charge in [0.15, 0.2) is 0 Å². The summed E-state index contributed by atoms with van der Waals surface area (Å²) < 4.78 is 58.7. The van der Waals surface area contributed by atoms with Gasteiger partial charge in [-0.1, -0.05) is 11.8 Å². The fourth-order valence-corrected chi connectivity index (χ4v) is 2.90. The van der Waals surface area contributed by atoms with E-state index >= 15 is 0 Å². The summed E-state index contributed by atoms with van der Waals surface area (Å²) in [7, 11) is -3.17. The number of nitrogens with two attached hydrogens (primary N) is 1. The van der Waals surface area contributed by atoms with Gasteiger partial charge in [-0.05, 0) is 0 Å². The summed E-state index contributed by atoms with van der Waals surface area (Å²) in [5.41, 5.74) is 0. The first-order valence-corrected chi connectivity index (χ1v) is 7.24. The van der Waals surface area contributed by atoms with Gasteiger partial charge in [0.25, 0.3) is 5.82 Å². The van der Waals surface area contributed by atoms with Crippen molar-refractivity contribution in [3.8, 4) is 0 Å². The zero-order valence-electron chi connectivity index (χ0n) is 8.60. The number of thioether (sulfide) groups is 1. The second kappa shape index (κ2) is 4.72. The van der Waals surface area contributed by atoms with E-state index in [9.17, 15) is 21.6 Å². The average molecular weight is 290 g/mol. The van der Waals surface area contributed by atoms with E-state index in [-0.39, 0.29) is 16.7 Å². The Hall–Kier alpha value is -0.970. The van der Waals surface area contributed by atoms with Crippen molar-refractivity contribution in [1.82, 2.24) is 14.9 Å². The Kier molecular flexibility index (Phi) is 3.91. The first-order valence-electron chi connectivity index (χ1n) is 4.19. The second-order valence-corrected chi connectivity index (χ2v) is 6.47. The zero-order valence-corrected chi connectivity index (χ0v) is 10.2. The van der Waals surface area contributed by atoms with Crippen LogP contribution in [0.4, 0.5) is 13.2 Å². The van der Waals surface area contributed by atoms with Gasteiger partial charge in [0, 0.05) is 12.0 Å². The van der Waals surface area contributed by atoms with Crippen molar-refractivity contribution in [2.24, 2.45) is 0 Å². The van der Waals surface area contributed by atoms with Crippen LogP contribution in [0.3, 0.4) is 0 Å². The summed E-state index contributed by atoms with van der Waals surface area (Å²) in [5, 5.41) is 5.95. The zero-order chi connectivity index (χ0) is 13.3. The Balaban J connectivity index is 2.72. The molecular formula is C6H9F3N4O2S2. The summed E-state index contributed by atoms with van der Waals surface area (Å²) >= 11 is 0.796. The molecule has 0 bridgehead atoms. The number of rotatable bonds is 4. The lowest BCUT2D eigenvalue weighted by molar-refractivity contribution is -0.146. The van der Waals surface area contributed by atoms with Crippen LogP contribution >= 0.6 is 11.8 Å². The van der Waals surface area contributed by atoms with Crippen molar-refractivity contribution in [2.45, 2.75) is 11.3 Å². The molecule has 0 atom stereocenters. The number of nitrogen functional groups attached to an aromatic ring is 1. The smallest absolute Gasteiger partial charge is 0.335 e. The minimum absolute atomic E-state index is 0.0615. The molecule has 17 heavy (non-hydrogen) atoms. The van der Waals surface area contributed by atoms with E-state index in [1.807, 2.05) is 0 Å². The topological polar surface area (TPSA) is 90.9 Å². The fourth-order valence-electron chi connectivity index (χ4n) is 0.853. The molecule has 0 amide bonds. The van der Waals surface area contributed by atoms with Gasteiger partial charge < -0.3 is 5.84 Å². The molecule has 0 aliphatic carbocycles. The Labute approximate surface area is 99.3 Å². The molecule has 0 aliphatic heterocycles.